The van der Waals surface area contributed by atoms with Gasteiger partial charge in [0.1, 0.15) is 11.6 Å². The highest BCUT2D eigenvalue weighted by molar-refractivity contribution is 5.76. The molecule has 0 radical (unpaired) electrons. The van der Waals surface area contributed by atoms with E-state index in [1.165, 1.54) is 18.2 Å². The molecule has 24 heavy (non-hydrogen) atoms. The van der Waals surface area contributed by atoms with E-state index in [9.17, 15) is 9.18 Å². The highest BCUT2D eigenvalue weighted by Crippen LogP contribution is 2.27. The number of carbonyl (C=O) groups is 1. The minimum absolute atomic E-state index is 0.143. The summed E-state index contributed by atoms with van der Waals surface area (Å²) in [5.41, 5.74) is 1.94. The van der Waals surface area contributed by atoms with E-state index in [1.54, 1.807) is 0 Å². The molecule has 1 N–H and O–H groups in total. The number of carboxylic acid groups (broad SMARTS) is 1. The molecule has 1 unspecified atom stereocenters. The lowest BCUT2D eigenvalue weighted by Crippen LogP contribution is -2.11. The Hall–Kier alpha value is -2.40. The molecule has 4 nitrogen and oxygen atoms in total. The lowest BCUT2D eigenvalue weighted by atomic mass is 9.97. The van der Waals surface area contributed by atoms with Crippen LogP contribution in [0.3, 0.4) is 0 Å². The van der Waals surface area contributed by atoms with Crippen LogP contribution in [-0.2, 0) is 16.0 Å². The van der Waals surface area contributed by atoms with Crippen LogP contribution < -0.4 is 4.74 Å². The summed E-state index contributed by atoms with van der Waals surface area (Å²) in [5.74, 6) is -0.167. The van der Waals surface area contributed by atoms with Crippen LogP contribution in [0.5, 0.6) is 5.75 Å². The van der Waals surface area contributed by atoms with Gasteiger partial charge < -0.3 is 14.6 Å². The Kier molecular flexibility index (Phi) is 5.11. The third-order valence-electron chi connectivity index (χ3n) is 4.09. The number of rotatable bonds is 6. The smallest absolute Gasteiger partial charge is 0.307 e. The van der Waals surface area contributed by atoms with Gasteiger partial charge in [-0.25, -0.2) is 4.39 Å². The minimum Gasteiger partial charge on any atom is -0.493 e. The van der Waals surface area contributed by atoms with Gasteiger partial charge in [0.15, 0.2) is 0 Å². The maximum atomic E-state index is 13.6. The lowest BCUT2D eigenvalue weighted by Gasteiger charge is -2.12. The van der Waals surface area contributed by atoms with Gasteiger partial charge in [-0.05, 0) is 47.4 Å². The average molecular weight is 330 g/mol. The fourth-order valence-corrected chi connectivity index (χ4v) is 2.79. The summed E-state index contributed by atoms with van der Waals surface area (Å²) in [4.78, 5) is 11.0. The lowest BCUT2D eigenvalue weighted by molar-refractivity contribution is -0.136. The number of aliphatic carboxylic acids is 1. The Morgan fingerprint density at radius 3 is 2.71 bits per heavy atom. The average Bonchev–Trinajstić information content (AvgIpc) is 3.08. The van der Waals surface area contributed by atoms with Gasteiger partial charge in [0.05, 0.1) is 19.6 Å². The molecule has 0 spiro atoms. The summed E-state index contributed by atoms with van der Waals surface area (Å²) in [5, 5.41) is 9.00. The number of hydrogen-bond acceptors (Lipinski definition) is 3. The van der Waals surface area contributed by atoms with Crippen molar-refractivity contribution in [1.29, 1.82) is 0 Å². The monoisotopic (exact) mass is 330 g/mol. The van der Waals surface area contributed by atoms with Crippen LogP contribution in [0.25, 0.3) is 11.1 Å². The van der Waals surface area contributed by atoms with Gasteiger partial charge in [0.2, 0.25) is 0 Å². The normalized spacial score (nSPS) is 17.0. The van der Waals surface area contributed by atoms with E-state index in [0.717, 1.165) is 30.9 Å². The second-order valence-corrected chi connectivity index (χ2v) is 5.94. The molecule has 1 aliphatic heterocycles. The molecule has 2 aromatic carbocycles. The minimum atomic E-state index is -0.943. The Balaban J connectivity index is 1.75. The fraction of sp³-hybridized carbons (Fsp3) is 0.316. The molecule has 3 rings (SSSR count). The van der Waals surface area contributed by atoms with Gasteiger partial charge in [-0.1, -0.05) is 18.2 Å². The first-order valence-electron chi connectivity index (χ1n) is 7.93. The van der Waals surface area contributed by atoms with Crippen molar-refractivity contribution in [2.75, 3.05) is 19.8 Å². The Morgan fingerprint density at radius 1 is 1.25 bits per heavy atom. The standard InChI is InChI=1S/C19H19FO4/c20-16-4-1-15(9-19(21)22)18(10-16)14-2-5-17(6-3-14)24-12-13-7-8-23-11-13/h1-6,10,13H,7-9,11-12H2,(H,21,22). The zero-order valence-electron chi connectivity index (χ0n) is 13.2. The van der Waals surface area contributed by atoms with Gasteiger partial charge in [-0.15, -0.1) is 0 Å². The van der Waals surface area contributed by atoms with Gasteiger partial charge in [-0.2, -0.15) is 0 Å². The van der Waals surface area contributed by atoms with Crippen LogP contribution in [0.2, 0.25) is 0 Å². The van der Waals surface area contributed by atoms with Crippen LogP contribution in [0.1, 0.15) is 12.0 Å². The van der Waals surface area contributed by atoms with Gasteiger partial charge in [0, 0.05) is 12.5 Å². The Morgan fingerprint density at radius 2 is 2.04 bits per heavy atom. The number of ether oxygens (including phenoxy) is 2. The summed E-state index contributed by atoms with van der Waals surface area (Å²) in [7, 11) is 0. The molecule has 0 aliphatic carbocycles. The number of carboxylic acids is 1. The van der Waals surface area contributed by atoms with Crippen molar-refractivity contribution < 1.29 is 23.8 Å². The van der Waals surface area contributed by atoms with E-state index in [-0.39, 0.29) is 12.2 Å². The number of benzene rings is 2. The van der Waals surface area contributed by atoms with Crippen LogP contribution in [0.15, 0.2) is 42.5 Å². The molecule has 0 aromatic heterocycles. The molecule has 1 saturated heterocycles. The summed E-state index contributed by atoms with van der Waals surface area (Å²) in [6.07, 6.45) is 0.871. The molecule has 126 valence electrons. The van der Waals surface area contributed by atoms with Crippen LogP contribution in [-0.4, -0.2) is 30.9 Å². The molecular formula is C19H19FO4. The first-order valence-corrected chi connectivity index (χ1v) is 7.93. The zero-order valence-corrected chi connectivity index (χ0v) is 13.2. The molecule has 1 atom stereocenters. The second kappa shape index (κ2) is 7.45. The highest BCUT2D eigenvalue weighted by Gasteiger charge is 2.16. The second-order valence-electron chi connectivity index (χ2n) is 5.94. The molecule has 0 saturated carbocycles. The van der Waals surface area contributed by atoms with E-state index in [2.05, 4.69) is 0 Å². The summed E-state index contributed by atoms with van der Waals surface area (Å²) >= 11 is 0. The van der Waals surface area contributed by atoms with Crippen molar-refractivity contribution in [1.82, 2.24) is 0 Å². The van der Waals surface area contributed by atoms with Gasteiger partial charge in [-0.3, -0.25) is 4.79 Å². The highest BCUT2D eigenvalue weighted by atomic mass is 19.1. The summed E-state index contributed by atoms with van der Waals surface area (Å²) in [6, 6.07) is 11.4. The Bertz CT molecular complexity index is 706. The van der Waals surface area contributed by atoms with E-state index >= 15 is 0 Å². The van der Waals surface area contributed by atoms with Crippen LogP contribution in [0, 0.1) is 11.7 Å². The molecule has 1 heterocycles. The quantitative estimate of drug-likeness (QED) is 0.880. The third-order valence-corrected chi connectivity index (χ3v) is 4.09. The predicted molar refractivity (Wildman–Crippen MR) is 87.6 cm³/mol. The van der Waals surface area contributed by atoms with Gasteiger partial charge in [0.25, 0.3) is 0 Å². The zero-order chi connectivity index (χ0) is 16.9. The summed E-state index contributed by atoms with van der Waals surface area (Å²) in [6.45, 7) is 2.14. The van der Waals surface area contributed by atoms with Gasteiger partial charge >= 0.3 is 5.97 Å². The fourth-order valence-electron chi connectivity index (χ4n) is 2.79. The maximum Gasteiger partial charge on any atom is 0.307 e. The molecule has 0 bridgehead atoms. The SMILES string of the molecule is O=C(O)Cc1ccc(F)cc1-c1ccc(OCC2CCOC2)cc1. The van der Waals surface area contributed by atoms with Crippen molar-refractivity contribution in [3.05, 3.63) is 53.8 Å². The topological polar surface area (TPSA) is 55.8 Å². The molecule has 1 aliphatic rings. The van der Waals surface area contributed by atoms with E-state index in [1.807, 2.05) is 24.3 Å². The van der Waals surface area contributed by atoms with Crippen LogP contribution >= 0.6 is 0 Å². The molecule has 0 amide bonds. The molecular weight excluding hydrogens is 311 g/mol. The van der Waals surface area contributed by atoms with E-state index < -0.39 is 5.97 Å². The Labute approximate surface area is 139 Å². The van der Waals surface area contributed by atoms with Crippen molar-refractivity contribution in [3.63, 3.8) is 0 Å². The largest absolute Gasteiger partial charge is 0.493 e. The summed E-state index contributed by atoms with van der Waals surface area (Å²) < 4.78 is 24.6. The number of hydrogen-bond donors (Lipinski definition) is 1. The first kappa shape index (κ1) is 16.5. The third kappa shape index (κ3) is 4.11. The van der Waals surface area contributed by atoms with E-state index in [4.69, 9.17) is 14.6 Å². The molecule has 2 aromatic rings. The van der Waals surface area contributed by atoms with Crippen molar-refractivity contribution >= 4 is 5.97 Å². The molecule has 1 fully saturated rings. The van der Waals surface area contributed by atoms with Crippen molar-refractivity contribution in [2.24, 2.45) is 5.92 Å². The first-order chi connectivity index (χ1) is 11.6. The molecule has 5 heteroatoms. The van der Waals surface area contributed by atoms with Crippen molar-refractivity contribution in [2.45, 2.75) is 12.8 Å². The maximum absolute atomic E-state index is 13.6. The van der Waals surface area contributed by atoms with Crippen LogP contribution in [0.4, 0.5) is 4.39 Å². The van der Waals surface area contributed by atoms with Crippen molar-refractivity contribution in [3.8, 4) is 16.9 Å². The predicted octanol–water partition coefficient (Wildman–Crippen LogP) is 3.54. The van der Waals surface area contributed by atoms with E-state index in [0.29, 0.717) is 23.7 Å². The number of halogens is 1.